The van der Waals surface area contributed by atoms with Crippen molar-refractivity contribution in [3.8, 4) is 0 Å². The number of hydrogen-bond acceptors (Lipinski definition) is 3. The van der Waals surface area contributed by atoms with E-state index in [2.05, 4.69) is 22.4 Å². The molecule has 0 bridgehead atoms. The highest BCUT2D eigenvalue weighted by Crippen LogP contribution is 2.34. The lowest BCUT2D eigenvalue weighted by Crippen LogP contribution is -2.25. The van der Waals surface area contributed by atoms with Crippen LogP contribution in [0.25, 0.3) is 0 Å². The molecule has 2 aromatic rings. The Balaban J connectivity index is 1.68. The van der Waals surface area contributed by atoms with E-state index in [9.17, 15) is 4.79 Å². The molecule has 1 atom stereocenters. The van der Waals surface area contributed by atoms with E-state index in [1.165, 1.54) is 0 Å². The van der Waals surface area contributed by atoms with Crippen LogP contribution >= 0.6 is 0 Å². The Morgan fingerprint density at radius 2 is 2.14 bits per heavy atom. The summed E-state index contributed by atoms with van der Waals surface area (Å²) in [6, 6.07) is 10.1. The van der Waals surface area contributed by atoms with Gasteiger partial charge in [0, 0.05) is 23.6 Å². The standard InChI is InChI=1S/C17H21N3O2/c1-2-6-14-16-13(9-15(21)18-17(16)20-19-14)11-22-10-12-7-4-3-5-8-12/h3-5,7-8,13H,2,6,9-11H2,1H3,(H2,18,19,20,21). The largest absolute Gasteiger partial charge is 0.376 e. The molecule has 0 spiro atoms. The summed E-state index contributed by atoms with van der Waals surface area (Å²) in [6.45, 7) is 3.23. The first-order chi connectivity index (χ1) is 10.8. The minimum absolute atomic E-state index is 0.00959. The van der Waals surface area contributed by atoms with Gasteiger partial charge >= 0.3 is 0 Å². The van der Waals surface area contributed by atoms with Crippen LogP contribution in [0, 0.1) is 0 Å². The molecule has 0 aliphatic carbocycles. The van der Waals surface area contributed by atoms with Gasteiger partial charge in [0.2, 0.25) is 5.91 Å². The van der Waals surface area contributed by atoms with Crippen LogP contribution in [0.5, 0.6) is 0 Å². The van der Waals surface area contributed by atoms with Gasteiger partial charge < -0.3 is 10.1 Å². The van der Waals surface area contributed by atoms with E-state index in [0.717, 1.165) is 29.7 Å². The number of fused-ring (bicyclic) bond motifs is 1. The number of rotatable bonds is 6. The number of anilines is 1. The summed E-state index contributed by atoms with van der Waals surface area (Å²) < 4.78 is 5.85. The molecule has 0 saturated carbocycles. The number of carbonyl (C=O) groups excluding carboxylic acids is 1. The number of aryl methyl sites for hydroxylation is 1. The van der Waals surface area contributed by atoms with Crippen molar-refractivity contribution >= 4 is 11.7 Å². The summed E-state index contributed by atoms with van der Waals surface area (Å²) in [5.41, 5.74) is 3.38. The van der Waals surface area contributed by atoms with Crippen molar-refractivity contribution in [2.45, 2.75) is 38.7 Å². The highest BCUT2D eigenvalue weighted by atomic mass is 16.5. The van der Waals surface area contributed by atoms with Gasteiger partial charge in [-0.1, -0.05) is 43.7 Å². The summed E-state index contributed by atoms with van der Waals surface area (Å²) in [5.74, 6) is 0.760. The number of ether oxygens (including phenoxy) is 1. The SMILES string of the molecule is CCCc1[nH]nc2c1C(COCc1ccccc1)CC(=O)N2. The second-order valence-corrected chi connectivity index (χ2v) is 5.66. The molecule has 5 nitrogen and oxygen atoms in total. The number of amides is 1. The first kappa shape index (κ1) is 14.8. The third kappa shape index (κ3) is 3.20. The molecule has 1 aliphatic rings. The summed E-state index contributed by atoms with van der Waals surface area (Å²) >= 11 is 0. The minimum Gasteiger partial charge on any atom is -0.376 e. The molecule has 1 amide bonds. The molecule has 1 aliphatic heterocycles. The molecule has 1 unspecified atom stereocenters. The Labute approximate surface area is 130 Å². The van der Waals surface area contributed by atoms with E-state index in [1.807, 2.05) is 30.3 Å². The third-order valence-electron chi connectivity index (χ3n) is 3.91. The minimum atomic E-state index is 0.00959. The smallest absolute Gasteiger partial charge is 0.226 e. The lowest BCUT2D eigenvalue weighted by atomic mass is 9.91. The van der Waals surface area contributed by atoms with Crippen LogP contribution in [0.2, 0.25) is 0 Å². The summed E-state index contributed by atoms with van der Waals surface area (Å²) in [4.78, 5) is 11.8. The van der Waals surface area contributed by atoms with Gasteiger partial charge in [-0.25, -0.2) is 0 Å². The van der Waals surface area contributed by atoms with Crippen molar-refractivity contribution in [2.75, 3.05) is 11.9 Å². The fourth-order valence-corrected chi connectivity index (χ4v) is 2.91. The van der Waals surface area contributed by atoms with Gasteiger partial charge in [0.25, 0.3) is 0 Å². The van der Waals surface area contributed by atoms with Gasteiger partial charge in [0.05, 0.1) is 13.2 Å². The number of nitrogens with zero attached hydrogens (tertiary/aromatic N) is 1. The monoisotopic (exact) mass is 299 g/mol. The lowest BCUT2D eigenvalue weighted by molar-refractivity contribution is -0.117. The molecule has 2 heterocycles. The average molecular weight is 299 g/mol. The molecule has 5 heteroatoms. The maximum absolute atomic E-state index is 11.8. The van der Waals surface area contributed by atoms with Crippen molar-refractivity contribution in [1.82, 2.24) is 10.2 Å². The molecule has 2 N–H and O–H groups in total. The van der Waals surface area contributed by atoms with Crippen molar-refractivity contribution in [3.05, 3.63) is 47.2 Å². The number of aromatic nitrogens is 2. The zero-order valence-electron chi connectivity index (χ0n) is 12.8. The highest BCUT2D eigenvalue weighted by Gasteiger charge is 2.30. The molecule has 1 aromatic carbocycles. The second-order valence-electron chi connectivity index (χ2n) is 5.66. The topological polar surface area (TPSA) is 67.0 Å². The molecule has 1 aromatic heterocycles. The Morgan fingerprint density at radius 1 is 1.32 bits per heavy atom. The predicted molar refractivity (Wildman–Crippen MR) is 84.7 cm³/mol. The zero-order valence-corrected chi connectivity index (χ0v) is 12.8. The van der Waals surface area contributed by atoms with E-state index >= 15 is 0 Å². The van der Waals surface area contributed by atoms with Gasteiger partial charge in [-0.05, 0) is 12.0 Å². The Hall–Kier alpha value is -2.14. The predicted octanol–water partition coefficient (Wildman–Crippen LogP) is 3.00. The van der Waals surface area contributed by atoms with Crippen LogP contribution in [0.4, 0.5) is 5.82 Å². The molecule has 0 saturated heterocycles. The van der Waals surface area contributed by atoms with Crippen molar-refractivity contribution in [2.24, 2.45) is 0 Å². The normalized spacial score (nSPS) is 17.1. The number of benzene rings is 1. The first-order valence-electron chi connectivity index (χ1n) is 7.76. The molecule has 0 radical (unpaired) electrons. The van der Waals surface area contributed by atoms with Crippen molar-refractivity contribution in [3.63, 3.8) is 0 Å². The molecule has 0 fully saturated rings. The van der Waals surface area contributed by atoms with Gasteiger partial charge in [0.1, 0.15) is 0 Å². The van der Waals surface area contributed by atoms with Crippen LogP contribution < -0.4 is 5.32 Å². The summed E-state index contributed by atoms with van der Waals surface area (Å²) in [5, 5.41) is 10.1. The van der Waals surface area contributed by atoms with E-state index in [4.69, 9.17) is 4.74 Å². The van der Waals surface area contributed by atoms with Crippen LogP contribution in [0.3, 0.4) is 0 Å². The van der Waals surface area contributed by atoms with Gasteiger partial charge in [-0.3, -0.25) is 9.89 Å². The van der Waals surface area contributed by atoms with Crippen LogP contribution in [0.1, 0.15) is 42.5 Å². The number of nitrogens with one attached hydrogen (secondary N) is 2. The Morgan fingerprint density at radius 3 is 2.91 bits per heavy atom. The van der Waals surface area contributed by atoms with E-state index in [-0.39, 0.29) is 11.8 Å². The lowest BCUT2D eigenvalue weighted by Gasteiger charge is -2.23. The Bertz CT molecular complexity index is 637. The second kappa shape index (κ2) is 6.75. The third-order valence-corrected chi connectivity index (χ3v) is 3.91. The van der Waals surface area contributed by atoms with E-state index < -0.39 is 0 Å². The van der Waals surface area contributed by atoms with Gasteiger partial charge in [-0.15, -0.1) is 0 Å². The maximum atomic E-state index is 11.8. The molecular formula is C17H21N3O2. The fourth-order valence-electron chi connectivity index (χ4n) is 2.91. The maximum Gasteiger partial charge on any atom is 0.226 e. The van der Waals surface area contributed by atoms with Gasteiger partial charge in [-0.2, -0.15) is 5.10 Å². The summed E-state index contributed by atoms with van der Waals surface area (Å²) in [7, 11) is 0. The van der Waals surface area contributed by atoms with Crippen LogP contribution in [0.15, 0.2) is 30.3 Å². The van der Waals surface area contributed by atoms with E-state index in [0.29, 0.717) is 25.5 Å². The van der Waals surface area contributed by atoms with Crippen LogP contribution in [-0.2, 0) is 22.6 Å². The number of hydrogen-bond donors (Lipinski definition) is 2. The summed E-state index contributed by atoms with van der Waals surface area (Å²) in [6.07, 6.45) is 2.44. The Kier molecular flexibility index (Phi) is 4.53. The molecule has 3 rings (SSSR count). The van der Waals surface area contributed by atoms with E-state index in [1.54, 1.807) is 0 Å². The average Bonchev–Trinajstić information content (AvgIpc) is 2.91. The zero-order chi connectivity index (χ0) is 15.4. The first-order valence-corrected chi connectivity index (χ1v) is 7.76. The molecule has 22 heavy (non-hydrogen) atoms. The fraction of sp³-hybridized carbons (Fsp3) is 0.412. The number of carbonyl (C=O) groups is 1. The number of aromatic amines is 1. The molecule has 116 valence electrons. The molecular weight excluding hydrogens is 278 g/mol. The number of H-pyrrole nitrogens is 1. The van der Waals surface area contributed by atoms with Crippen molar-refractivity contribution in [1.29, 1.82) is 0 Å². The quantitative estimate of drug-likeness (QED) is 0.861. The highest BCUT2D eigenvalue weighted by molar-refractivity contribution is 5.93. The van der Waals surface area contributed by atoms with Gasteiger partial charge in [0.15, 0.2) is 5.82 Å². The van der Waals surface area contributed by atoms with Crippen molar-refractivity contribution < 1.29 is 9.53 Å². The van der Waals surface area contributed by atoms with Crippen LogP contribution in [-0.4, -0.2) is 22.7 Å².